The summed E-state index contributed by atoms with van der Waals surface area (Å²) in [5.41, 5.74) is 6.72. The Morgan fingerprint density at radius 1 is 1.44 bits per heavy atom. The molecule has 1 atom stereocenters. The predicted molar refractivity (Wildman–Crippen MR) is 70.7 cm³/mol. The molecular formula is C12H20N2O3S. The quantitative estimate of drug-likeness (QED) is 0.726. The third-order valence-electron chi connectivity index (χ3n) is 2.63. The van der Waals surface area contributed by atoms with Crippen molar-refractivity contribution in [2.75, 3.05) is 20.3 Å². The van der Waals surface area contributed by atoms with E-state index in [1.54, 1.807) is 18.2 Å². The summed E-state index contributed by atoms with van der Waals surface area (Å²) in [6, 6.07) is 6.57. The Bertz CT molecular complexity index is 474. The molecule has 18 heavy (non-hydrogen) atoms. The number of sulfonamides is 1. The number of benzene rings is 1. The Kier molecular flexibility index (Phi) is 5.74. The summed E-state index contributed by atoms with van der Waals surface area (Å²) in [7, 11) is -1.96. The van der Waals surface area contributed by atoms with Gasteiger partial charge in [0.2, 0.25) is 10.0 Å². The normalized spacial score (nSPS) is 13.5. The zero-order chi connectivity index (χ0) is 13.6. The molecule has 5 nitrogen and oxygen atoms in total. The van der Waals surface area contributed by atoms with Gasteiger partial charge in [-0.05, 0) is 24.1 Å². The first-order chi connectivity index (χ1) is 8.51. The van der Waals surface area contributed by atoms with E-state index >= 15 is 0 Å². The molecule has 0 saturated heterocycles. The minimum atomic E-state index is -3.48. The van der Waals surface area contributed by atoms with Crippen LogP contribution < -0.4 is 10.5 Å². The van der Waals surface area contributed by atoms with E-state index in [4.69, 9.17) is 10.5 Å². The maximum absolute atomic E-state index is 12.0. The van der Waals surface area contributed by atoms with E-state index in [1.807, 2.05) is 13.0 Å². The first-order valence-corrected chi connectivity index (χ1v) is 7.33. The van der Waals surface area contributed by atoms with Gasteiger partial charge in [-0.2, -0.15) is 0 Å². The highest BCUT2D eigenvalue weighted by molar-refractivity contribution is 7.89. The van der Waals surface area contributed by atoms with Crippen molar-refractivity contribution in [3.63, 3.8) is 0 Å². The Morgan fingerprint density at radius 2 is 2.17 bits per heavy atom. The van der Waals surface area contributed by atoms with Gasteiger partial charge in [0.25, 0.3) is 0 Å². The molecule has 0 radical (unpaired) electrons. The summed E-state index contributed by atoms with van der Waals surface area (Å²) in [5.74, 6) is 0. The maximum Gasteiger partial charge on any atom is 0.240 e. The number of hydrogen-bond acceptors (Lipinski definition) is 4. The summed E-state index contributed by atoms with van der Waals surface area (Å²) in [6.45, 7) is 2.55. The fraction of sp³-hybridized carbons (Fsp3) is 0.500. The van der Waals surface area contributed by atoms with Gasteiger partial charge in [-0.15, -0.1) is 0 Å². The molecule has 0 amide bonds. The van der Waals surface area contributed by atoms with Gasteiger partial charge in [-0.1, -0.05) is 19.1 Å². The lowest BCUT2D eigenvalue weighted by atomic mass is 10.1. The number of hydrogen-bond donors (Lipinski definition) is 2. The summed E-state index contributed by atoms with van der Waals surface area (Å²) < 4.78 is 31.2. The van der Waals surface area contributed by atoms with Gasteiger partial charge in [0, 0.05) is 19.7 Å². The van der Waals surface area contributed by atoms with E-state index in [-0.39, 0.29) is 17.5 Å². The van der Waals surface area contributed by atoms with E-state index < -0.39 is 10.0 Å². The second-order valence-corrected chi connectivity index (χ2v) is 5.74. The second-order valence-electron chi connectivity index (χ2n) is 3.98. The van der Waals surface area contributed by atoms with Crippen molar-refractivity contribution in [1.29, 1.82) is 0 Å². The zero-order valence-corrected chi connectivity index (χ0v) is 11.5. The van der Waals surface area contributed by atoms with Crippen LogP contribution in [0, 0.1) is 0 Å². The van der Waals surface area contributed by atoms with E-state index in [0.29, 0.717) is 6.61 Å². The lowest BCUT2D eigenvalue weighted by Crippen LogP contribution is -2.27. The molecule has 1 aromatic carbocycles. The third kappa shape index (κ3) is 4.06. The largest absolute Gasteiger partial charge is 0.383 e. The molecule has 1 aromatic rings. The highest BCUT2D eigenvalue weighted by Gasteiger charge is 2.14. The molecule has 6 heteroatoms. The van der Waals surface area contributed by atoms with Crippen molar-refractivity contribution >= 4 is 10.0 Å². The van der Waals surface area contributed by atoms with Gasteiger partial charge in [0.15, 0.2) is 0 Å². The molecule has 0 aliphatic carbocycles. The summed E-state index contributed by atoms with van der Waals surface area (Å²) in [6.07, 6.45) is 0.764. The minimum absolute atomic E-state index is 0.140. The number of nitrogens with two attached hydrogens (primary N) is 1. The summed E-state index contributed by atoms with van der Waals surface area (Å²) >= 11 is 0. The molecule has 1 unspecified atom stereocenters. The monoisotopic (exact) mass is 272 g/mol. The highest BCUT2D eigenvalue weighted by atomic mass is 32.2. The molecule has 102 valence electrons. The molecular weight excluding hydrogens is 252 g/mol. The molecule has 0 fully saturated rings. The molecule has 3 N–H and O–H groups in total. The zero-order valence-electron chi connectivity index (χ0n) is 10.7. The van der Waals surface area contributed by atoms with Crippen molar-refractivity contribution in [3.05, 3.63) is 29.8 Å². The second kappa shape index (κ2) is 6.84. The van der Waals surface area contributed by atoms with Gasteiger partial charge in [-0.25, -0.2) is 13.1 Å². The number of methoxy groups -OCH3 is 1. The molecule has 0 saturated carbocycles. The Hall–Kier alpha value is -0.950. The molecule has 0 aromatic heterocycles. The predicted octanol–water partition coefficient (Wildman–Crippen LogP) is 1.02. The van der Waals surface area contributed by atoms with E-state index in [0.717, 1.165) is 12.0 Å². The van der Waals surface area contributed by atoms with Crippen molar-refractivity contribution in [3.8, 4) is 0 Å². The standard InChI is InChI=1S/C12H20N2O3S/c1-3-12(13)10-5-4-6-11(9-10)18(15,16)14-7-8-17-2/h4-6,9,12,14H,3,7-8,13H2,1-2H3. The van der Waals surface area contributed by atoms with E-state index in [1.165, 1.54) is 7.11 Å². The van der Waals surface area contributed by atoms with E-state index in [2.05, 4.69) is 4.72 Å². The number of ether oxygens (including phenoxy) is 1. The summed E-state index contributed by atoms with van der Waals surface area (Å²) in [4.78, 5) is 0.236. The SMILES string of the molecule is CCC(N)c1cccc(S(=O)(=O)NCCOC)c1. The van der Waals surface area contributed by atoms with E-state index in [9.17, 15) is 8.42 Å². The topological polar surface area (TPSA) is 81.4 Å². The van der Waals surface area contributed by atoms with Gasteiger partial charge >= 0.3 is 0 Å². The van der Waals surface area contributed by atoms with Gasteiger partial charge in [-0.3, -0.25) is 0 Å². The van der Waals surface area contributed by atoms with Crippen LogP contribution in [-0.2, 0) is 14.8 Å². The summed E-state index contributed by atoms with van der Waals surface area (Å²) in [5, 5.41) is 0. The Labute approximate surface area is 108 Å². The first-order valence-electron chi connectivity index (χ1n) is 5.85. The van der Waals surface area contributed by atoms with Crippen LogP contribution in [0.1, 0.15) is 24.9 Å². The van der Waals surface area contributed by atoms with Crippen LogP contribution in [0.3, 0.4) is 0 Å². The van der Waals surface area contributed by atoms with Crippen molar-refractivity contribution < 1.29 is 13.2 Å². The average molecular weight is 272 g/mol. The molecule has 0 aliphatic rings. The highest BCUT2D eigenvalue weighted by Crippen LogP contribution is 2.17. The van der Waals surface area contributed by atoms with Gasteiger partial charge in [0.05, 0.1) is 11.5 Å². The van der Waals surface area contributed by atoms with Gasteiger partial charge in [0.1, 0.15) is 0 Å². The number of rotatable bonds is 7. The van der Waals surface area contributed by atoms with Crippen molar-refractivity contribution in [2.45, 2.75) is 24.3 Å². The van der Waals surface area contributed by atoms with Crippen molar-refractivity contribution in [1.82, 2.24) is 4.72 Å². The van der Waals surface area contributed by atoms with Crippen LogP contribution in [0.15, 0.2) is 29.2 Å². The smallest absolute Gasteiger partial charge is 0.240 e. The first kappa shape index (κ1) is 15.1. The fourth-order valence-electron chi connectivity index (χ4n) is 1.51. The minimum Gasteiger partial charge on any atom is -0.383 e. The Balaban J connectivity index is 2.88. The van der Waals surface area contributed by atoms with Crippen LogP contribution in [0.4, 0.5) is 0 Å². The lowest BCUT2D eigenvalue weighted by Gasteiger charge is -2.11. The molecule has 0 spiro atoms. The molecule has 0 aliphatic heterocycles. The average Bonchev–Trinajstić information content (AvgIpc) is 2.38. The molecule has 0 bridgehead atoms. The lowest BCUT2D eigenvalue weighted by molar-refractivity contribution is 0.204. The molecule has 0 heterocycles. The Morgan fingerprint density at radius 3 is 2.78 bits per heavy atom. The van der Waals surface area contributed by atoms with Crippen LogP contribution in [0.5, 0.6) is 0 Å². The van der Waals surface area contributed by atoms with Crippen LogP contribution in [0.2, 0.25) is 0 Å². The molecule has 1 rings (SSSR count). The van der Waals surface area contributed by atoms with Gasteiger partial charge < -0.3 is 10.5 Å². The third-order valence-corrected chi connectivity index (χ3v) is 4.09. The van der Waals surface area contributed by atoms with Crippen molar-refractivity contribution in [2.24, 2.45) is 5.73 Å². The maximum atomic E-state index is 12.0. The fourth-order valence-corrected chi connectivity index (χ4v) is 2.58. The van der Waals surface area contributed by atoms with Crippen LogP contribution >= 0.6 is 0 Å². The van der Waals surface area contributed by atoms with Crippen LogP contribution in [0.25, 0.3) is 0 Å². The van der Waals surface area contributed by atoms with Crippen LogP contribution in [-0.4, -0.2) is 28.7 Å². The number of nitrogens with one attached hydrogen (secondary N) is 1.